The summed E-state index contributed by atoms with van der Waals surface area (Å²) >= 11 is 0. The van der Waals surface area contributed by atoms with Crippen LogP contribution in [0.3, 0.4) is 0 Å². The van der Waals surface area contributed by atoms with Crippen LogP contribution in [0.1, 0.15) is 26.2 Å². The molecule has 8 nitrogen and oxygen atoms in total. The van der Waals surface area contributed by atoms with E-state index in [9.17, 15) is 10.4 Å². The zero-order valence-corrected chi connectivity index (χ0v) is 11.6. The van der Waals surface area contributed by atoms with Crippen molar-refractivity contribution >= 4 is 22.8 Å². The van der Waals surface area contributed by atoms with E-state index in [2.05, 4.69) is 10.5 Å². The first-order valence-corrected chi connectivity index (χ1v) is 6.58. The molecular formula is C13H18N4O4. The van der Waals surface area contributed by atoms with Crippen LogP contribution in [0, 0.1) is 10.4 Å². The van der Waals surface area contributed by atoms with Gasteiger partial charge in [-0.25, -0.2) is 10.4 Å². The van der Waals surface area contributed by atoms with Crippen LogP contribution < -0.4 is 15.9 Å². The highest BCUT2D eigenvalue weighted by Gasteiger charge is 2.14. The lowest BCUT2D eigenvalue weighted by atomic mass is 10.00. The molecule has 0 amide bonds. The number of hydrazone groups is 1. The molecule has 0 saturated heterocycles. The summed E-state index contributed by atoms with van der Waals surface area (Å²) in [4.78, 5) is 0. The lowest BCUT2D eigenvalue weighted by Crippen LogP contribution is -3.00. The van der Waals surface area contributed by atoms with Crippen molar-refractivity contribution in [3.8, 4) is 0 Å². The summed E-state index contributed by atoms with van der Waals surface area (Å²) in [6, 6.07) is 3.88. The van der Waals surface area contributed by atoms with E-state index in [1.54, 1.807) is 0 Å². The van der Waals surface area contributed by atoms with Crippen LogP contribution in [-0.2, 0) is 0 Å². The van der Waals surface area contributed by atoms with Gasteiger partial charge < -0.3 is 10.4 Å². The van der Waals surface area contributed by atoms with Crippen molar-refractivity contribution in [2.24, 2.45) is 5.10 Å². The van der Waals surface area contributed by atoms with Crippen LogP contribution in [-0.4, -0.2) is 16.1 Å². The van der Waals surface area contributed by atoms with Gasteiger partial charge in [0.1, 0.15) is 5.69 Å². The quantitative estimate of drug-likeness (QED) is 0.515. The highest BCUT2D eigenvalue weighted by Crippen LogP contribution is 2.21. The first-order chi connectivity index (χ1) is 9.97. The van der Waals surface area contributed by atoms with Crippen molar-refractivity contribution in [3.63, 3.8) is 0 Å². The molecule has 0 aromatic heterocycles. The van der Waals surface area contributed by atoms with Gasteiger partial charge in [-0.05, 0) is 38.3 Å². The van der Waals surface area contributed by atoms with Crippen molar-refractivity contribution in [3.05, 3.63) is 40.3 Å². The Kier molecular flexibility index (Phi) is 5.02. The van der Waals surface area contributed by atoms with Gasteiger partial charge in [0.2, 0.25) is 0 Å². The normalized spacial score (nSPS) is 20.0. The van der Waals surface area contributed by atoms with Crippen LogP contribution >= 0.6 is 0 Å². The minimum Gasteiger partial charge on any atom is -0.595 e. The summed E-state index contributed by atoms with van der Waals surface area (Å²) in [5, 5.41) is 42.0. The maximum absolute atomic E-state index is 11.2. The minimum absolute atomic E-state index is 0.0704. The van der Waals surface area contributed by atoms with Gasteiger partial charge >= 0.3 is 0 Å². The summed E-state index contributed by atoms with van der Waals surface area (Å²) in [5.41, 5.74) is 4.91. The van der Waals surface area contributed by atoms with Gasteiger partial charge in [-0.15, -0.1) is 0 Å². The first-order valence-electron chi connectivity index (χ1n) is 6.58. The van der Waals surface area contributed by atoms with Crippen LogP contribution in [0.2, 0.25) is 0 Å². The molecule has 0 spiro atoms. The van der Waals surface area contributed by atoms with E-state index < -0.39 is 10.5 Å². The average Bonchev–Trinajstić information content (AvgIpc) is 2.44. The predicted molar refractivity (Wildman–Crippen MR) is 76.7 cm³/mol. The Labute approximate surface area is 121 Å². The molecule has 21 heavy (non-hydrogen) atoms. The molecule has 0 radical (unpaired) electrons. The fourth-order valence-electron chi connectivity index (χ4n) is 2.15. The van der Waals surface area contributed by atoms with Gasteiger partial charge in [0, 0.05) is 6.07 Å². The lowest BCUT2D eigenvalue weighted by Gasteiger charge is -2.18. The third kappa shape index (κ3) is 4.08. The first kappa shape index (κ1) is 15.6. The second kappa shape index (κ2) is 6.76. The molecule has 5 N–H and O–H groups in total. The monoisotopic (exact) mass is 294 g/mol. The Morgan fingerprint density at radius 2 is 1.95 bits per heavy atom. The third-order valence-electron chi connectivity index (χ3n) is 3.23. The van der Waals surface area contributed by atoms with Crippen molar-refractivity contribution < 1.29 is 20.9 Å². The topological polar surface area (TPSA) is 120 Å². The molecule has 1 aromatic carbocycles. The van der Waals surface area contributed by atoms with Crippen molar-refractivity contribution in [1.29, 1.82) is 0 Å². The molecule has 0 aliphatic heterocycles. The van der Waals surface area contributed by atoms with E-state index in [0.717, 1.165) is 31.0 Å². The molecule has 0 bridgehead atoms. The number of rotatable bonds is 4. The Bertz CT molecular complexity index is 569. The fourth-order valence-corrected chi connectivity index (χ4v) is 2.15. The number of hydrogen-bond donors (Lipinski definition) is 5. The second-order valence-corrected chi connectivity index (χ2v) is 4.93. The fraction of sp³-hybridized carbons (Fsp3) is 0.308. The Morgan fingerprint density at radius 1 is 1.19 bits per heavy atom. The number of anilines is 1. The van der Waals surface area contributed by atoms with E-state index in [1.807, 2.05) is 13.0 Å². The zero-order valence-electron chi connectivity index (χ0n) is 11.6. The maximum Gasteiger partial charge on any atom is 0.195 e. The largest absolute Gasteiger partial charge is 0.595 e. The SMILES string of the molecule is CC1=CC(=NNc2ccc([NH+]([O-])O)cc2[NH+]([O-])O)CCC1. The highest BCUT2D eigenvalue weighted by molar-refractivity contribution is 5.96. The summed E-state index contributed by atoms with van der Waals surface area (Å²) < 4.78 is 0. The van der Waals surface area contributed by atoms with E-state index in [1.165, 1.54) is 17.7 Å². The molecular weight excluding hydrogens is 276 g/mol. The zero-order chi connectivity index (χ0) is 15.4. The number of nitrogens with zero attached hydrogens (tertiary/aromatic N) is 1. The summed E-state index contributed by atoms with van der Waals surface area (Å²) in [6.45, 7) is 2.03. The number of allylic oxidation sites excluding steroid dienone is 2. The van der Waals surface area contributed by atoms with Crippen LogP contribution in [0.5, 0.6) is 0 Å². The Hall–Kier alpha value is -1.81. The van der Waals surface area contributed by atoms with Crippen LogP contribution in [0.4, 0.5) is 17.1 Å². The summed E-state index contributed by atoms with van der Waals surface area (Å²) in [7, 11) is 0. The molecule has 2 rings (SSSR count). The molecule has 0 fully saturated rings. The highest BCUT2D eigenvalue weighted by atomic mass is 16.8. The van der Waals surface area contributed by atoms with Crippen molar-refractivity contribution in [1.82, 2.24) is 0 Å². The smallest absolute Gasteiger partial charge is 0.195 e. The number of nitrogens with one attached hydrogen (secondary N) is 3. The lowest BCUT2D eigenvalue weighted by molar-refractivity contribution is -0.996. The molecule has 1 aliphatic carbocycles. The van der Waals surface area contributed by atoms with Gasteiger partial charge in [-0.3, -0.25) is 5.43 Å². The average molecular weight is 294 g/mol. The van der Waals surface area contributed by atoms with Crippen molar-refractivity contribution in [2.45, 2.75) is 26.2 Å². The third-order valence-corrected chi connectivity index (χ3v) is 3.23. The van der Waals surface area contributed by atoms with E-state index in [-0.39, 0.29) is 17.1 Å². The Morgan fingerprint density at radius 3 is 2.57 bits per heavy atom. The minimum atomic E-state index is -1.20. The second-order valence-electron chi connectivity index (χ2n) is 4.93. The Balaban J connectivity index is 2.23. The van der Waals surface area contributed by atoms with Gasteiger partial charge in [-0.2, -0.15) is 15.6 Å². The van der Waals surface area contributed by atoms with Crippen molar-refractivity contribution in [2.75, 3.05) is 5.43 Å². The molecule has 1 aliphatic rings. The van der Waals surface area contributed by atoms with E-state index >= 15 is 0 Å². The summed E-state index contributed by atoms with van der Waals surface area (Å²) in [5.74, 6) is 0. The van der Waals surface area contributed by atoms with Gasteiger partial charge in [0.25, 0.3) is 0 Å². The van der Waals surface area contributed by atoms with Gasteiger partial charge in [0.15, 0.2) is 11.4 Å². The number of quaternary nitrogens is 2. The standard InChI is InChI=1S/C13H18N4O4/c1-9-3-2-4-10(7-9)14-15-12-6-5-11(16(18)19)8-13(12)17(20)21/h5-8,15-18,20H,2-4H2,1H3. The van der Waals surface area contributed by atoms with E-state index in [4.69, 9.17) is 10.4 Å². The van der Waals surface area contributed by atoms with Gasteiger partial charge in [-0.1, -0.05) is 5.57 Å². The predicted octanol–water partition coefficient (Wildman–Crippen LogP) is 0.392. The van der Waals surface area contributed by atoms with Crippen LogP contribution in [0.15, 0.2) is 34.9 Å². The van der Waals surface area contributed by atoms with E-state index in [0.29, 0.717) is 0 Å². The molecule has 114 valence electrons. The molecule has 2 unspecified atom stereocenters. The number of benzene rings is 1. The molecule has 0 saturated carbocycles. The summed E-state index contributed by atoms with van der Waals surface area (Å²) in [6.07, 6.45) is 4.88. The molecule has 8 heteroatoms. The molecule has 0 heterocycles. The molecule has 2 atom stereocenters. The maximum atomic E-state index is 11.2. The number of hydrogen-bond acceptors (Lipinski definition) is 6. The molecule has 1 aromatic rings. The van der Waals surface area contributed by atoms with Gasteiger partial charge in [0.05, 0.1) is 11.8 Å². The van der Waals surface area contributed by atoms with Crippen LogP contribution in [0.25, 0.3) is 0 Å².